The van der Waals surface area contributed by atoms with Crippen LogP contribution in [0.2, 0.25) is 0 Å². The van der Waals surface area contributed by atoms with Crippen LogP contribution in [-0.4, -0.2) is 16.1 Å². The van der Waals surface area contributed by atoms with Gasteiger partial charge in [0.15, 0.2) is 0 Å². The van der Waals surface area contributed by atoms with Gasteiger partial charge in [-0.3, -0.25) is 0 Å². The summed E-state index contributed by atoms with van der Waals surface area (Å²) < 4.78 is 13.0. The van der Waals surface area contributed by atoms with Crippen LogP contribution in [0.3, 0.4) is 0 Å². The fourth-order valence-electron chi connectivity index (χ4n) is 6.66. The SMILES string of the molecule is CCCCCCCCCCCCCCCCC(CC)C[S+]([O-])CC(CC)CCCCCCCCCCCCCCCC. The lowest BCUT2D eigenvalue weighted by Crippen LogP contribution is -2.23. The van der Waals surface area contributed by atoms with Gasteiger partial charge < -0.3 is 4.55 Å². The Morgan fingerprint density at radius 1 is 0.333 bits per heavy atom. The van der Waals surface area contributed by atoms with Gasteiger partial charge in [-0.25, -0.2) is 0 Å². The van der Waals surface area contributed by atoms with Crippen LogP contribution in [0.4, 0.5) is 0 Å². The molecule has 0 aliphatic carbocycles. The molecule has 254 valence electrons. The molecule has 1 nitrogen and oxygen atoms in total. The summed E-state index contributed by atoms with van der Waals surface area (Å²) in [6.07, 6.45) is 45.0. The number of rotatable bonds is 36. The van der Waals surface area contributed by atoms with E-state index >= 15 is 0 Å². The van der Waals surface area contributed by atoms with E-state index in [1.807, 2.05) is 0 Å². The first kappa shape index (κ1) is 42.3. The molecule has 0 aromatic rings. The summed E-state index contributed by atoms with van der Waals surface area (Å²) in [7, 11) is 0. The summed E-state index contributed by atoms with van der Waals surface area (Å²) in [6.45, 7) is 9.24. The number of unbranched alkanes of at least 4 members (excludes halogenated alkanes) is 26. The van der Waals surface area contributed by atoms with E-state index in [2.05, 4.69) is 27.7 Å². The molecule has 0 rings (SSSR count). The molecule has 0 aliphatic heterocycles. The van der Waals surface area contributed by atoms with E-state index < -0.39 is 11.2 Å². The van der Waals surface area contributed by atoms with Gasteiger partial charge in [0.1, 0.15) is 11.5 Å². The zero-order valence-corrected chi connectivity index (χ0v) is 30.8. The van der Waals surface area contributed by atoms with Crippen molar-refractivity contribution in [3.05, 3.63) is 0 Å². The van der Waals surface area contributed by atoms with Crippen LogP contribution in [0, 0.1) is 11.8 Å². The first-order chi connectivity index (χ1) is 20.7. The highest BCUT2D eigenvalue weighted by Crippen LogP contribution is 2.22. The maximum atomic E-state index is 13.0. The lowest BCUT2D eigenvalue weighted by Gasteiger charge is -2.22. The second-order valence-electron chi connectivity index (χ2n) is 14.1. The first-order valence-electron chi connectivity index (χ1n) is 20.0. The van der Waals surface area contributed by atoms with Crippen LogP contribution in [0.1, 0.15) is 233 Å². The summed E-state index contributed by atoms with van der Waals surface area (Å²) in [5.41, 5.74) is 0. The van der Waals surface area contributed by atoms with Gasteiger partial charge in [0, 0.05) is 11.8 Å². The van der Waals surface area contributed by atoms with Crippen LogP contribution >= 0.6 is 0 Å². The minimum atomic E-state index is -0.615. The van der Waals surface area contributed by atoms with Crippen molar-refractivity contribution in [2.24, 2.45) is 11.8 Å². The molecule has 0 radical (unpaired) electrons. The molecule has 0 saturated heterocycles. The van der Waals surface area contributed by atoms with Crippen molar-refractivity contribution in [2.75, 3.05) is 11.5 Å². The predicted molar refractivity (Wildman–Crippen MR) is 195 cm³/mol. The predicted octanol–water partition coefficient (Wildman–Crippen LogP) is 14.5. The van der Waals surface area contributed by atoms with Gasteiger partial charge in [0.2, 0.25) is 0 Å². The van der Waals surface area contributed by atoms with E-state index in [4.69, 9.17) is 0 Å². The Bertz CT molecular complexity index is 438. The molecule has 0 saturated carbocycles. The summed E-state index contributed by atoms with van der Waals surface area (Å²) in [5, 5.41) is 0. The molecular formula is C40H82OS. The molecule has 0 amide bonds. The average Bonchev–Trinajstić information content (AvgIpc) is 3.00. The normalized spacial score (nSPS) is 13.9. The fraction of sp³-hybridized carbons (Fsp3) is 1.00. The topological polar surface area (TPSA) is 23.1 Å². The monoisotopic (exact) mass is 611 g/mol. The van der Waals surface area contributed by atoms with Gasteiger partial charge >= 0.3 is 0 Å². The Hall–Kier alpha value is 0.310. The average molecular weight is 611 g/mol. The molecule has 2 atom stereocenters. The minimum Gasteiger partial charge on any atom is -0.616 e. The second-order valence-corrected chi connectivity index (χ2v) is 15.6. The summed E-state index contributed by atoms with van der Waals surface area (Å²) in [6, 6.07) is 0. The highest BCUT2D eigenvalue weighted by atomic mass is 32.2. The number of hydrogen-bond acceptors (Lipinski definition) is 1. The minimum absolute atomic E-state index is 0.615. The molecule has 0 N–H and O–H groups in total. The van der Waals surface area contributed by atoms with Gasteiger partial charge in [-0.2, -0.15) is 0 Å². The van der Waals surface area contributed by atoms with E-state index in [-0.39, 0.29) is 0 Å². The van der Waals surface area contributed by atoms with E-state index in [0.29, 0.717) is 11.8 Å². The Morgan fingerprint density at radius 3 is 0.762 bits per heavy atom. The fourth-order valence-corrected chi connectivity index (χ4v) is 8.65. The maximum Gasteiger partial charge on any atom is 0.108 e. The molecule has 0 bridgehead atoms. The molecule has 2 heteroatoms. The second kappa shape index (κ2) is 35.8. The van der Waals surface area contributed by atoms with Gasteiger partial charge in [0.25, 0.3) is 0 Å². The van der Waals surface area contributed by atoms with E-state index in [1.54, 1.807) is 0 Å². The lowest BCUT2D eigenvalue weighted by atomic mass is 9.99. The van der Waals surface area contributed by atoms with Crippen molar-refractivity contribution in [2.45, 2.75) is 233 Å². The highest BCUT2D eigenvalue weighted by Gasteiger charge is 2.19. The van der Waals surface area contributed by atoms with Gasteiger partial charge in [-0.15, -0.1) is 0 Å². The highest BCUT2D eigenvalue weighted by molar-refractivity contribution is 7.91. The zero-order valence-electron chi connectivity index (χ0n) is 30.0. The molecule has 0 spiro atoms. The third-order valence-corrected chi connectivity index (χ3v) is 11.6. The Balaban J connectivity index is 3.62. The molecular weight excluding hydrogens is 529 g/mol. The van der Waals surface area contributed by atoms with Crippen molar-refractivity contribution in [1.82, 2.24) is 0 Å². The van der Waals surface area contributed by atoms with Crippen molar-refractivity contribution in [3.8, 4) is 0 Å². The summed E-state index contributed by atoms with van der Waals surface area (Å²) in [4.78, 5) is 0. The van der Waals surface area contributed by atoms with E-state index in [9.17, 15) is 4.55 Å². The zero-order chi connectivity index (χ0) is 30.8. The Labute approximate surface area is 271 Å². The van der Waals surface area contributed by atoms with Crippen LogP contribution in [0.15, 0.2) is 0 Å². The molecule has 0 aromatic heterocycles. The number of hydrogen-bond donors (Lipinski definition) is 0. The van der Waals surface area contributed by atoms with E-state index in [0.717, 1.165) is 11.5 Å². The van der Waals surface area contributed by atoms with Gasteiger partial charge in [0.05, 0.1) is 0 Å². The Morgan fingerprint density at radius 2 is 0.548 bits per heavy atom. The third-order valence-electron chi connectivity index (χ3n) is 9.93. The van der Waals surface area contributed by atoms with Crippen LogP contribution < -0.4 is 0 Å². The van der Waals surface area contributed by atoms with Crippen molar-refractivity contribution in [3.63, 3.8) is 0 Å². The maximum absolute atomic E-state index is 13.0. The summed E-state index contributed by atoms with van der Waals surface area (Å²) >= 11 is -0.615. The van der Waals surface area contributed by atoms with Crippen LogP contribution in [0.25, 0.3) is 0 Å². The third kappa shape index (κ3) is 31.7. The van der Waals surface area contributed by atoms with E-state index in [1.165, 1.54) is 205 Å². The molecule has 0 fully saturated rings. The quantitative estimate of drug-likeness (QED) is 0.0511. The first-order valence-corrected chi connectivity index (χ1v) is 21.5. The van der Waals surface area contributed by atoms with Crippen molar-refractivity contribution < 1.29 is 4.55 Å². The largest absolute Gasteiger partial charge is 0.616 e. The lowest BCUT2D eigenvalue weighted by molar-refractivity contribution is 0.448. The van der Waals surface area contributed by atoms with Crippen LogP contribution in [0.5, 0.6) is 0 Å². The van der Waals surface area contributed by atoms with Crippen LogP contribution in [-0.2, 0) is 11.2 Å². The smallest absolute Gasteiger partial charge is 0.108 e. The van der Waals surface area contributed by atoms with Gasteiger partial charge in [-0.1, -0.05) is 219 Å². The molecule has 2 unspecified atom stereocenters. The molecule has 0 aromatic carbocycles. The van der Waals surface area contributed by atoms with Crippen molar-refractivity contribution >= 4 is 11.2 Å². The molecule has 0 heterocycles. The Kier molecular flexibility index (Phi) is 36.0. The standard InChI is InChI=1S/C40H82OS/c1-5-9-11-13-15-17-19-21-23-25-27-29-31-33-35-39(7-3)37-42(41)38-40(8-4)36-34-32-30-28-26-24-22-20-18-16-14-12-10-6-2/h39-40H,5-38H2,1-4H3. The molecule has 42 heavy (non-hydrogen) atoms. The van der Waals surface area contributed by atoms with Gasteiger partial charge in [-0.05, 0) is 25.7 Å². The molecule has 0 aliphatic rings. The summed E-state index contributed by atoms with van der Waals surface area (Å²) in [5.74, 6) is 3.29. The van der Waals surface area contributed by atoms with Crippen molar-refractivity contribution in [1.29, 1.82) is 0 Å².